The first kappa shape index (κ1) is 33.2. The summed E-state index contributed by atoms with van der Waals surface area (Å²) in [4.78, 5) is 17.6. The van der Waals surface area contributed by atoms with Crippen molar-refractivity contribution in [3.8, 4) is 0 Å². The number of aromatic nitrogens is 1. The molecule has 0 bridgehead atoms. The first-order valence-corrected chi connectivity index (χ1v) is 16.1. The van der Waals surface area contributed by atoms with Crippen LogP contribution < -0.4 is 0 Å². The third-order valence-electron chi connectivity index (χ3n) is 7.94. The van der Waals surface area contributed by atoms with Gasteiger partial charge in [-0.1, -0.05) is 127 Å². The summed E-state index contributed by atoms with van der Waals surface area (Å²) in [5, 5.41) is 0. The van der Waals surface area contributed by atoms with E-state index in [9.17, 15) is 4.79 Å². The van der Waals surface area contributed by atoms with Crippen molar-refractivity contribution in [3.05, 3.63) is 174 Å². The van der Waals surface area contributed by atoms with Gasteiger partial charge < -0.3 is 28.4 Å². The molecule has 1 fully saturated rings. The Kier molecular flexibility index (Phi) is 12.1. The lowest BCUT2D eigenvalue weighted by molar-refractivity contribution is -0.315. The Labute approximate surface area is 281 Å². The molecular formula is C40H39NO7. The predicted octanol–water partition coefficient (Wildman–Crippen LogP) is 6.94. The normalized spacial score (nSPS) is 20.6. The minimum absolute atomic E-state index is 0.155. The molecule has 0 aliphatic carbocycles. The second-order valence-electron chi connectivity index (χ2n) is 11.4. The lowest BCUT2D eigenvalue weighted by Crippen LogP contribution is -2.62. The molecule has 0 N–H and O–H groups in total. The van der Waals surface area contributed by atoms with Crippen LogP contribution >= 0.6 is 0 Å². The van der Waals surface area contributed by atoms with Crippen molar-refractivity contribution in [2.24, 2.45) is 0 Å². The molecule has 6 rings (SSSR count). The fourth-order valence-electron chi connectivity index (χ4n) is 5.49. The number of esters is 1. The van der Waals surface area contributed by atoms with Crippen LogP contribution in [0.3, 0.4) is 0 Å². The van der Waals surface area contributed by atoms with Crippen LogP contribution in [0.2, 0.25) is 0 Å². The van der Waals surface area contributed by atoms with Gasteiger partial charge >= 0.3 is 5.97 Å². The number of ether oxygens (including phenoxy) is 6. The van der Waals surface area contributed by atoms with Crippen molar-refractivity contribution in [2.75, 3.05) is 6.61 Å². The van der Waals surface area contributed by atoms with E-state index in [1.165, 1.54) is 0 Å². The highest BCUT2D eigenvalue weighted by molar-refractivity contribution is 5.87. The minimum Gasteiger partial charge on any atom is -0.428 e. The van der Waals surface area contributed by atoms with E-state index in [2.05, 4.69) is 4.98 Å². The number of benzene rings is 4. The van der Waals surface area contributed by atoms with Crippen LogP contribution in [0.15, 0.2) is 146 Å². The first-order chi connectivity index (χ1) is 23.7. The van der Waals surface area contributed by atoms with Crippen LogP contribution in [0, 0.1) is 0 Å². The van der Waals surface area contributed by atoms with Gasteiger partial charge in [-0.2, -0.15) is 0 Å². The third-order valence-corrected chi connectivity index (χ3v) is 7.94. The fourth-order valence-corrected chi connectivity index (χ4v) is 5.49. The molecule has 0 spiro atoms. The van der Waals surface area contributed by atoms with Crippen LogP contribution in [-0.2, 0) is 54.8 Å². The van der Waals surface area contributed by atoms with E-state index >= 15 is 0 Å². The maximum Gasteiger partial charge on any atom is 0.359 e. The molecule has 0 radical (unpaired) electrons. The van der Waals surface area contributed by atoms with Crippen LogP contribution in [0.5, 0.6) is 0 Å². The first-order valence-electron chi connectivity index (χ1n) is 16.1. The number of rotatable bonds is 15. The fraction of sp³-hybridized carbons (Fsp3) is 0.250. The summed E-state index contributed by atoms with van der Waals surface area (Å²) in [6, 6.07) is 44.6. The second kappa shape index (κ2) is 17.5. The van der Waals surface area contributed by atoms with Gasteiger partial charge in [-0.25, -0.2) is 9.78 Å². The molecule has 246 valence electrons. The summed E-state index contributed by atoms with van der Waals surface area (Å²) >= 11 is 0. The molecule has 1 saturated heterocycles. The van der Waals surface area contributed by atoms with Gasteiger partial charge in [-0.15, -0.1) is 0 Å². The number of nitrogens with zero attached hydrogens (tertiary/aromatic N) is 1. The molecule has 5 aromatic rings. The van der Waals surface area contributed by atoms with Crippen molar-refractivity contribution in [3.63, 3.8) is 0 Å². The molecule has 0 saturated carbocycles. The monoisotopic (exact) mass is 645 g/mol. The molecule has 0 unspecified atom stereocenters. The topological polar surface area (TPSA) is 85.3 Å². The van der Waals surface area contributed by atoms with Crippen molar-refractivity contribution in [1.82, 2.24) is 4.98 Å². The average Bonchev–Trinajstić information content (AvgIpc) is 3.15. The number of carbonyl (C=O) groups excluding carboxylic acids is 1. The second-order valence-corrected chi connectivity index (χ2v) is 11.4. The van der Waals surface area contributed by atoms with E-state index in [0.717, 1.165) is 22.3 Å². The average molecular weight is 646 g/mol. The maximum absolute atomic E-state index is 13.4. The smallest absolute Gasteiger partial charge is 0.359 e. The Morgan fingerprint density at radius 3 is 1.50 bits per heavy atom. The Hall–Kier alpha value is -4.70. The molecule has 1 aromatic heterocycles. The molecular weight excluding hydrogens is 606 g/mol. The molecule has 5 atom stereocenters. The van der Waals surface area contributed by atoms with E-state index < -0.39 is 36.7 Å². The lowest BCUT2D eigenvalue weighted by atomic mass is 9.97. The van der Waals surface area contributed by atoms with E-state index in [-0.39, 0.29) is 25.5 Å². The highest BCUT2D eigenvalue weighted by atomic mass is 16.7. The number of carbonyl (C=O) groups is 1. The van der Waals surface area contributed by atoms with Crippen molar-refractivity contribution in [2.45, 2.75) is 57.1 Å². The SMILES string of the molecule is O=C(O[C@H]1O[C@H](COCc2ccccc2)[C@@H](OCc2ccccc2)[C@H](OCc2ccccc2)[C@@H]1OCc1ccccc1)c1ccccn1. The summed E-state index contributed by atoms with van der Waals surface area (Å²) in [5.41, 5.74) is 4.10. The van der Waals surface area contributed by atoms with Crippen LogP contribution in [0.25, 0.3) is 0 Å². The van der Waals surface area contributed by atoms with Gasteiger partial charge in [-0.05, 0) is 34.4 Å². The molecule has 2 heterocycles. The standard InChI is InChI=1S/C40H39NO7/c42-39(34-23-13-14-24-41-34)48-40-38(46-28-33-21-11-4-12-22-33)37(45-27-32-19-9-3-10-20-32)36(44-26-31-17-7-2-8-18-31)35(47-40)29-43-25-30-15-5-1-6-16-30/h1-24,35-38,40H,25-29H2/t35-,36-,37+,38+,40-/m1/s1. The van der Waals surface area contributed by atoms with Crippen LogP contribution in [0.4, 0.5) is 0 Å². The molecule has 1 aliphatic heterocycles. The van der Waals surface area contributed by atoms with Crippen molar-refractivity contribution < 1.29 is 33.2 Å². The highest BCUT2D eigenvalue weighted by Gasteiger charge is 2.50. The van der Waals surface area contributed by atoms with Crippen LogP contribution in [-0.4, -0.2) is 48.3 Å². The molecule has 48 heavy (non-hydrogen) atoms. The van der Waals surface area contributed by atoms with Gasteiger partial charge in [0.15, 0.2) is 0 Å². The van der Waals surface area contributed by atoms with Gasteiger partial charge in [-0.3, -0.25) is 0 Å². The summed E-state index contributed by atoms with van der Waals surface area (Å²) < 4.78 is 38.7. The lowest BCUT2D eigenvalue weighted by Gasteiger charge is -2.45. The largest absolute Gasteiger partial charge is 0.428 e. The number of hydrogen-bond acceptors (Lipinski definition) is 8. The predicted molar refractivity (Wildman–Crippen MR) is 179 cm³/mol. The van der Waals surface area contributed by atoms with E-state index in [1.54, 1.807) is 24.4 Å². The zero-order valence-electron chi connectivity index (χ0n) is 26.6. The van der Waals surface area contributed by atoms with Gasteiger partial charge in [0.25, 0.3) is 0 Å². The Morgan fingerprint density at radius 1 is 0.542 bits per heavy atom. The highest BCUT2D eigenvalue weighted by Crippen LogP contribution is 2.32. The number of pyridine rings is 1. The summed E-state index contributed by atoms with van der Waals surface area (Å²) in [5.74, 6) is -0.636. The molecule has 0 amide bonds. The quantitative estimate of drug-likeness (QED) is 0.113. The zero-order chi connectivity index (χ0) is 32.8. The van der Waals surface area contributed by atoms with E-state index in [4.69, 9.17) is 28.4 Å². The van der Waals surface area contributed by atoms with Gasteiger partial charge in [0.05, 0.1) is 33.0 Å². The van der Waals surface area contributed by atoms with E-state index in [1.807, 2.05) is 121 Å². The molecule has 1 aliphatic rings. The summed E-state index contributed by atoms with van der Waals surface area (Å²) in [6.07, 6.45) is -2.48. The van der Waals surface area contributed by atoms with E-state index in [0.29, 0.717) is 13.2 Å². The Bertz CT molecular complexity index is 1640. The Morgan fingerprint density at radius 2 is 1.00 bits per heavy atom. The van der Waals surface area contributed by atoms with Gasteiger partial charge in [0.2, 0.25) is 6.29 Å². The van der Waals surface area contributed by atoms with Crippen LogP contribution in [0.1, 0.15) is 32.7 Å². The van der Waals surface area contributed by atoms with Crippen molar-refractivity contribution in [1.29, 1.82) is 0 Å². The molecule has 8 nitrogen and oxygen atoms in total. The van der Waals surface area contributed by atoms with Gasteiger partial charge in [0.1, 0.15) is 30.1 Å². The van der Waals surface area contributed by atoms with Crippen molar-refractivity contribution >= 4 is 5.97 Å². The number of hydrogen-bond donors (Lipinski definition) is 0. The molecule has 4 aromatic carbocycles. The maximum atomic E-state index is 13.4. The minimum atomic E-state index is -1.15. The zero-order valence-corrected chi connectivity index (χ0v) is 26.6. The van der Waals surface area contributed by atoms with Gasteiger partial charge in [0, 0.05) is 6.20 Å². The molecule has 8 heteroatoms. The Balaban J connectivity index is 1.32. The third kappa shape index (κ3) is 9.44. The summed E-state index contributed by atoms with van der Waals surface area (Å²) in [6.45, 7) is 1.34. The summed E-state index contributed by atoms with van der Waals surface area (Å²) in [7, 11) is 0.